The summed E-state index contributed by atoms with van der Waals surface area (Å²) in [5, 5.41) is 1.19. The van der Waals surface area contributed by atoms with Crippen molar-refractivity contribution in [2.24, 2.45) is 5.92 Å². The Morgan fingerprint density at radius 3 is 2.40 bits per heavy atom. The molecule has 25 heavy (non-hydrogen) atoms. The lowest BCUT2D eigenvalue weighted by atomic mass is 9.97. The molecule has 0 N–H and O–H groups in total. The van der Waals surface area contributed by atoms with E-state index >= 15 is 0 Å². The van der Waals surface area contributed by atoms with E-state index in [0.717, 1.165) is 6.42 Å². The lowest BCUT2D eigenvalue weighted by molar-refractivity contribution is 0.321. The summed E-state index contributed by atoms with van der Waals surface area (Å²) in [7, 11) is 0. The summed E-state index contributed by atoms with van der Waals surface area (Å²) in [4.78, 5) is 0. The second-order valence-corrected chi connectivity index (χ2v) is 6.89. The summed E-state index contributed by atoms with van der Waals surface area (Å²) in [6, 6.07) is 6.96. The summed E-state index contributed by atoms with van der Waals surface area (Å²) in [6.45, 7) is 2.15. The SMILES string of the molecule is CCOc1ccc2c(oc3c(F)c(CCC4CCCC4)ccc32)c1F. The van der Waals surface area contributed by atoms with E-state index in [9.17, 15) is 8.78 Å². The predicted octanol–water partition coefficient (Wildman–Crippen LogP) is 6.39. The van der Waals surface area contributed by atoms with Crippen molar-refractivity contribution in [1.82, 2.24) is 0 Å². The molecule has 0 bridgehead atoms. The fourth-order valence-corrected chi connectivity index (χ4v) is 3.98. The highest BCUT2D eigenvalue weighted by atomic mass is 19.1. The van der Waals surface area contributed by atoms with Crippen LogP contribution in [0.2, 0.25) is 0 Å². The number of halogens is 2. The molecule has 0 spiro atoms. The third kappa shape index (κ3) is 2.88. The Kier molecular flexibility index (Phi) is 4.36. The zero-order valence-electron chi connectivity index (χ0n) is 14.4. The van der Waals surface area contributed by atoms with Crippen molar-refractivity contribution in [2.45, 2.75) is 45.4 Å². The maximum absolute atomic E-state index is 14.9. The summed E-state index contributed by atoms with van der Waals surface area (Å²) >= 11 is 0. The van der Waals surface area contributed by atoms with E-state index in [4.69, 9.17) is 9.15 Å². The average Bonchev–Trinajstić information content (AvgIpc) is 3.25. The fraction of sp³-hybridized carbons (Fsp3) is 0.429. The highest BCUT2D eigenvalue weighted by Crippen LogP contribution is 2.37. The van der Waals surface area contributed by atoms with E-state index in [1.54, 1.807) is 19.1 Å². The van der Waals surface area contributed by atoms with Gasteiger partial charge < -0.3 is 9.15 Å². The minimum atomic E-state index is -0.567. The van der Waals surface area contributed by atoms with Crippen molar-refractivity contribution in [2.75, 3.05) is 6.61 Å². The molecule has 0 aliphatic heterocycles. The van der Waals surface area contributed by atoms with Crippen LogP contribution in [0.5, 0.6) is 5.75 Å². The van der Waals surface area contributed by atoms with Crippen molar-refractivity contribution >= 4 is 21.9 Å². The second-order valence-electron chi connectivity index (χ2n) is 6.89. The van der Waals surface area contributed by atoms with Gasteiger partial charge in [0.1, 0.15) is 0 Å². The normalized spacial score (nSPS) is 15.5. The first-order valence-corrected chi connectivity index (χ1v) is 9.14. The van der Waals surface area contributed by atoms with Crippen LogP contribution in [-0.4, -0.2) is 6.61 Å². The molecule has 3 aromatic rings. The van der Waals surface area contributed by atoms with Crippen LogP contribution < -0.4 is 4.74 Å². The Hall–Kier alpha value is -2.10. The quantitative estimate of drug-likeness (QED) is 0.535. The molecule has 4 heteroatoms. The summed E-state index contributed by atoms with van der Waals surface area (Å²) in [6.07, 6.45) is 6.79. The van der Waals surface area contributed by atoms with Gasteiger partial charge in [-0.15, -0.1) is 0 Å². The van der Waals surface area contributed by atoms with E-state index in [-0.39, 0.29) is 22.7 Å². The van der Waals surface area contributed by atoms with E-state index in [1.807, 2.05) is 12.1 Å². The molecule has 1 aliphatic rings. The zero-order valence-corrected chi connectivity index (χ0v) is 14.4. The largest absolute Gasteiger partial charge is 0.491 e. The highest BCUT2D eigenvalue weighted by Gasteiger charge is 2.20. The number of fused-ring (bicyclic) bond motifs is 3. The van der Waals surface area contributed by atoms with Crippen molar-refractivity contribution < 1.29 is 17.9 Å². The Morgan fingerprint density at radius 2 is 1.68 bits per heavy atom. The van der Waals surface area contributed by atoms with Gasteiger partial charge in [-0.1, -0.05) is 31.7 Å². The fourth-order valence-electron chi connectivity index (χ4n) is 3.98. The van der Waals surface area contributed by atoms with Crippen LogP contribution in [0.1, 0.15) is 44.6 Å². The zero-order chi connectivity index (χ0) is 17.4. The van der Waals surface area contributed by atoms with Gasteiger partial charge in [-0.25, -0.2) is 4.39 Å². The van der Waals surface area contributed by atoms with E-state index in [2.05, 4.69) is 0 Å². The molecule has 0 radical (unpaired) electrons. The Bertz CT molecular complexity index is 907. The molecule has 0 amide bonds. The molecular formula is C21H22F2O2. The lowest BCUT2D eigenvalue weighted by Gasteiger charge is -2.09. The van der Waals surface area contributed by atoms with Gasteiger partial charge in [0.15, 0.2) is 22.7 Å². The maximum Gasteiger partial charge on any atom is 0.208 e. The number of ether oxygens (including phenoxy) is 1. The molecule has 0 atom stereocenters. The third-order valence-electron chi connectivity index (χ3n) is 5.33. The van der Waals surface area contributed by atoms with Gasteiger partial charge in [0.2, 0.25) is 5.82 Å². The molecule has 1 heterocycles. The summed E-state index contributed by atoms with van der Waals surface area (Å²) < 4.78 is 40.3. The lowest BCUT2D eigenvalue weighted by Crippen LogP contribution is -1.98. The monoisotopic (exact) mass is 344 g/mol. The Labute approximate surface area is 145 Å². The number of hydrogen-bond donors (Lipinski definition) is 0. The Morgan fingerprint density at radius 1 is 1.00 bits per heavy atom. The molecule has 2 nitrogen and oxygen atoms in total. The van der Waals surface area contributed by atoms with Gasteiger partial charge in [0.25, 0.3) is 0 Å². The van der Waals surface area contributed by atoms with Crippen LogP contribution in [0.15, 0.2) is 28.7 Å². The minimum absolute atomic E-state index is 0.0628. The molecule has 0 saturated heterocycles. The molecule has 1 aliphatic carbocycles. The Balaban J connectivity index is 1.72. The van der Waals surface area contributed by atoms with Gasteiger partial charge in [0, 0.05) is 10.8 Å². The van der Waals surface area contributed by atoms with Crippen LogP contribution in [0, 0.1) is 17.6 Å². The molecule has 1 fully saturated rings. The molecule has 2 aromatic carbocycles. The van der Waals surface area contributed by atoms with Gasteiger partial charge in [-0.05, 0) is 49.4 Å². The first kappa shape index (κ1) is 16.4. The van der Waals surface area contributed by atoms with Gasteiger partial charge in [0.05, 0.1) is 6.61 Å². The van der Waals surface area contributed by atoms with Crippen LogP contribution in [-0.2, 0) is 6.42 Å². The first-order chi connectivity index (χ1) is 12.2. The van der Waals surface area contributed by atoms with Crippen molar-refractivity contribution in [3.63, 3.8) is 0 Å². The van der Waals surface area contributed by atoms with Crippen LogP contribution in [0.3, 0.4) is 0 Å². The molecular weight excluding hydrogens is 322 g/mol. The number of furan rings is 1. The maximum atomic E-state index is 14.9. The summed E-state index contributed by atoms with van der Waals surface area (Å²) in [5.41, 5.74) is 0.864. The van der Waals surface area contributed by atoms with E-state index in [1.165, 1.54) is 25.7 Å². The third-order valence-corrected chi connectivity index (χ3v) is 5.33. The molecule has 4 rings (SSSR count). The molecule has 1 aromatic heterocycles. The van der Waals surface area contributed by atoms with Crippen molar-refractivity contribution in [1.29, 1.82) is 0 Å². The number of aryl methyl sites for hydroxylation is 1. The highest BCUT2D eigenvalue weighted by molar-refractivity contribution is 6.05. The molecule has 0 unspecified atom stereocenters. The number of hydrogen-bond acceptors (Lipinski definition) is 2. The van der Waals surface area contributed by atoms with Crippen LogP contribution >= 0.6 is 0 Å². The van der Waals surface area contributed by atoms with Gasteiger partial charge in [-0.3, -0.25) is 0 Å². The van der Waals surface area contributed by atoms with E-state index in [0.29, 0.717) is 35.3 Å². The molecule has 1 saturated carbocycles. The number of rotatable bonds is 5. The topological polar surface area (TPSA) is 22.4 Å². The van der Waals surface area contributed by atoms with Crippen molar-refractivity contribution in [3.05, 3.63) is 41.5 Å². The summed E-state index contributed by atoms with van der Waals surface area (Å²) in [5.74, 6) is -0.0839. The minimum Gasteiger partial charge on any atom is -0.491 e. The standard InChI is InChI=1S/C21H22F2O2/c1-2-24-17-12-11-16-15-10-9-14(8-7-13-5-3-4-6-13)18(22)20(15)25-21(16)19(17)23/h9-13H,2-8H2,1H3. The molecule has 132 valence electrons. The van der Waals surface area contributed by atoms with Gasteiger partial charge in [-0.2, -0.15) is 4.39 Å². The smallest absolute Gasteiger partial charge is 0.208 e. The van der Waals surface area contributed by atoms with Crippen molar-refractivity contribution in [3.8, 4) is 5.75 Å². The van der Waals surface area contributed by atoms with Crippen LogP contribution in [0.4, 0.5) is 8.78 Å². The number of benzene rings is 2. The van der Waals surface area contributed by atoms with Gasteiger partial charge >= 0.3 is 0 Å². The average molecular weight is 344 g/mol. The van der Waals surface area contributed by atoms with E-state index < -0.39 is 5.82 Å². The van der Waals surface area contributed by atoms with Crippen LogP contribution in [0.25, 0.3) is 21.9 Å². The second kappa shape index (κ2) is 6.66. The first-order valence-electron chi connectivity index (χ1n) is 9.14. The predicted molar refractivity (Wildman–Crippen MR) is 95.1 cm³/mol.